The minimum absolute atomic E-state index is 0.392. The van der Waals surface area contributed by atoms with E-state index in [-0.39, 0.29) is 0 Å². The van der Waals surface area contributed by atoms with Gasteiger partial charge in [0.2, 0.25) is 5.88 Å². The zero-order valence-electron chi connectivity index (χ0n) is 14.0. The second-order valence-electron chi connectivity index (χ2n) is 6.22. The number of rotatable bonds is 5. The van der Waals surface area contributed by atoms with Crippen LogP contribution in [0.3, 0.4) is 0 Å². The van der Waals surface area contributed by atoms with Gasteiger partial charge in [-0.3, -0.25) is 4.98 Å². The van der Waals surface area contributed by atoms with Crippen LogP contribution < -0.4 is 10.1 Å². The quantitative estimate of drug-likeness (QED) is 0.858. The van der Waals surface area contributed by atoms with Crippen molar-refractivity contribution in [3.8, 4) is 5.88 Å². The van der Waals surface area contributed by atoms with Crippen molar-refractivity contribution < 1.29 is 14.3 Å². The van der Waals surface area contributed by atoms with E-state index < -0.39 is 11.7 Å². The molecule has 0 saturated heterocycles. The van der Waals surface area contributed by atoms with E-state index in [9.17, 15) is 4.79 Å². The first-order valence-corrected chi connectivity index (χ1v) is 7.64. The average molecular weight is 317 g/mol. The fraction of sp³-hybridized carbons (Fsp3) is 0.471. The zero-order valence-corrected chi connectivity index (χ0v) is 14.0. The summed E-state index contributed by atoms with van der Waals surface area (Å²) in [4.78, 5) is 20.4. The molecule has 2 aromatic heterocycles. The molecule has 6 heteroatoms. The molecule has 124 valence electrons. The third kappa shape index (κ3) is 5.09. The highest BCUT2D eigenvalue weighted by Crippen LogP contribution is 2.19. The molecule has 1 amide bonds. The Kier molecular flexibility index (Phi) is 5.36. The van der Waals surface area contributed by atoms with Gasteiger partial charge in [-0.15, -0.1) is 0 Å². The molecule has 0 bridgehead atoms. The lowest BCUT2D eigenvalue weighted by molar-refractivity contribution is 0.0527. The van der Waals surface area contributed by atoms with E-state index in [4.69, 9.17) is 9.47 Å². The van der Waals surface area contributed by atoms with E-state index in [1.807, 2.05) is 32.9 Å². The van der Waals surface area contributed by atoms with Gasteiger partial charge in [-0.25, -0.2) is 9.78 Å². The zero-order chi connectivity index (χ0) is 16.9. The van der Waals surface area contributed by atoms with E-state index in [1.165, 1.54) is 0 Å². The van der Waals surface area contributed by atoms with E-state index in [1.54, 1.807) is 19.4 Å². The second-order valence-corrected chi connectivity index (χ2v) is 6.22. The summed E-state index contributed by atoms with van der Waals surface area (Å²) in [6, 6.07) is 5.63. The first-order chi connectivity index (χ1) is 10.9. The van der Waals surface area contributed by atoms with Gasteiger partial charge in [0.1, 0.15) is 5.60 Å². The SMILES string of the molecule is COc1ccc2nccc(CCCNC(=O)OC(C)(C)C)c2n1. The van der Waals surface area contributed by atoms with Gasteiger partial charge >= 0.3 is 6.09 Å². The van der Waals surface area contributed by atoms with E-state index in [2.05, 4.69) is 15.3 Å². The molecule has 0 aromatic carbocycles. The third-order valence-electron chi connectivity index (χ3n) is 3.14. The Balaban J connectivity index is 1.93. The molecule has 0 saturated carbocycles. The van der Waals surface area contributed by atoms with Crippen molar-refractivity contribution in [2.45, 2.75) is 39.2 Å². The Morgan fingerprint density at radius 2 is 2.04 bits per heavy atom. The number of ether oxygens (including phenoxy) is 2. The number of aryl methyl sites for hydroxylation is 1. The average Bonchev–Trinajstić information content (AvgIpc) is 2.49. The van der Waals surface area contributed by atoms with Crippen molar-refractivity contribution in [3.63, 3.8) is 0 Å². The van der Waals surface area contributed by atoms with Crippen molar-refractivity contribution in [3.05, 3.63) is 30.0 Å². The molecule has 0 fully saturated rings. The maximum Gasteiger partial charge on any atom is 0.407 e. The molecular weight excluding hydrogens is 294 g/mol. The van der Waals surface area contributed by atoms with E-state index >= 15 is 0 Å². The van der Waals surface area contributed by atoms with Gasteiger partial charge in [-0.1, -0.05) is 0 Å². The fourth-order valence-corrected chi connectivity index (χ4v) is 2.16. The molecule has 0 unspecified atom stereocenters. The van der Waals surface area contributed by atoms with Crippen molar-refractivity contribution in [1.82, 2.24) is 15.3 Å². The van der Waals surface area contributed by atoms with Crippen LogP contribution in [0.1, 0.15) is 32.8 Å². The molecule has 0 spiro atoms. The van der Waals surface area contributed by atoms with E-state index in [0.29, 0.717) is 12.4 Å². The van der Waals surface area contributed by atoms with Gasteiger partial charge in [0.25, 0.3) is 0 Å². The normalized spacial score (nSPS) is 11.3. The second kappa shape index (κ2) is 7.26. The summed E-state index contributed by atoms with van der Waals surface area (Å²) in [6.07, 6.45) is 2.95. The van der Waals surface area contributed by atoms with Crippen LogP contribution in [0.15, 0.2) is 24.4 Å². The molecule has 2 heterocycles. The molecule has 1 N–H and O–H groups in total. The first-order valence-electron chi connectivity index (χ1n) is 7.64. The number of carbonyl (C=O) groups excluding carboxylic acids is 1. The lowest BCUT2D eigenvalue weighted by Crippen LogP contribution is -2.33. The highest BCUT2D eigenvalue weighted by atomic mass is 16.6. The summed E-state index contributed by atoms with van der Waals surface area (Å²) < 4.78 is 10.4. The number of alkyl carbamates (subject to hydrolysis) is 1. The first kappa shape index (κ1) is 17.0. The van der Waals surface area contributed by atoms with Crippen LogP contribution in [0.2, 0.25) is 0 Å². The van der Waals surface area contributed by atoms with Gasteiger partial charge in [0, 0.05) is 18.8 Å². The molecule has 6 nitrogen and oxygen atoms in total. The van der Waals surface area contributed by atoms with Crippen LogP contribution in [0.4, 0.5) is 4.79 Å². The minimum Gasteiger partial charge on any atom is -0.481 e. The van der Waals surface area contributed by atoms with Crippen LogP contribution >= 0.6 is 0 Å². The molecule has 2 aromatic rings. The molecule has 0 aliphatic heterocycles. The molecule has 0 radical (unpaired) electrons. The molecular formula is C17H23N3O3. The van der Waals surface area contributed by atoms with Crippen molar-refractivity contribution in [1.29, 1.82) is 0 Å². The largest absolute Gasteiger partial charge is 0.481 e. The number of aromatic nitrogens is 2. The van der Waals surface area contributed by atoms with Gasteiger partial charge in [-0.05, 0) is 51.3 Å². The number of pyridine rings is 2. The predicted octanol–water partition coefficient (Wildman–Crippen LogP) is 3.10. The number of nitrogens with one attached hydrogen (secondary N) is 1. The minimum atomic E-state index is -0.480. The van der Waals surface area contributed by atoms with Crippen molar-refractivity contribution >= 4 is 17.1 Å². The summed E-state index contributed by atoms with van der Waals surface area (Å²) >= 11 is 0. The molecule has 23 heavy (non-hydrogen) atoms. The summed E-state index contributed by atoms with van der Waals surface area (Å²) in [7, 11) is 1.59. The Labute approximate surface area is 136 Å². The smallest absolute Gasteiger partial charge is 0.407 e. The Morgan fingerprint density at radius 3 is 2.74 bits per heavy atom. The van der Waals surface area contributed by atoms with Gasteiger partial charge in [-0.2, -0.15) is 0 Å². The Bertz CT molecular complexity index is 680. The molecule has 0 aliphatic carbocycles. The number of hydrogen-bond donors (Lipinski definition) is 1. The van der Waals surface area contributed by atoms with Crippen LogP contribution in [0.5, 0.6) is 5.88 Å². The van der Waals surface area contributed by atoms with Crippen LogP contribution in [-0.4, -0.2) is 35.3 Å². The van der Waals surface area contributed by atoms with Crippen LogP contribution in [0.25, 0.3) is 11.0 Å². The maximum absolute atomic E-state index is 11.6. The van der Waals surface area contributed by atoms with E-state index in [0.717, 1.165) is 29.4 Å². The molecule has 0 aliphatic rings. The van der Waals surface area contributed by atoms with Crippen LogP contribution in [-0.2, 0) is 11.2 Å². The predicted molar refractivity (Wildman–Crippen MR) is 88.6 cm³/mol. The number of nitrogens with zero attached hydrogens (tertiary/aromatic N) is 2. The molecule has 2 rings (SSSR count). The summed E-state index contributed by atoms with van der Waals surface area (Å²) in [5, 5.41) is 2.76. The monoisotopic (exact) mass is 317 g/mol. The number of hydrogen-bond acceptors (Lipinski definition) is 5. The standard InChI is InChI=1S/C17H23N3O3/c1-17(2,3)23-16(21)19-10-5-6-12-9-11-18-13-7-8-14(22-4)20-15(12)13/h7-9,11H,5-6,10H2,1-4H3,(H,19,21). The highest BCUT2D eigenvalue weighted by molar-refractivity contribution is 5.78. The number of carbonyl (C=O) groups is 1. The van der Waals surface area contributed by atoms with Crippen LogP contribution in [0, 0.1) is 0 Å². The van der Waals surface area contributed by atoms with Gasteiger partial charge in [0.05, 0.1) is 18.1 Å². The molecule has 0 atom stereocenters. The Morgan fingerprint density at radius 1 is 1.26 bits per heavy atom. The summed E-state index contributed by atoms with van der Waals surface area (Å²) in [6.45, 7) is 6.07. The number of fused-ring (bicyclic) bond motifs is 1. The van der Waals surface area contributed by atoms with Gasteiger partial charge in [0.15, 0.2) is 0 Å². The lowest BCUT2D eigenvalue weighted by Gasteiger charge is -2.19. The Hall–Kier alpha value is -2.37. The summed E-state index contributed by atoms with van der Waals surface area (Å²) in [5.41, 5.74) is 2.28. The lowest BCUT2D eigenvalue weighted by atomic mass is 10.1. The van der Waals surface area contributed by atoms with Crippen molar-refractivity contribution in [2.24, 2.45) is 0 Å². The summed E-state index contributed by atoms with van der Waals surface area (Å²) in [5.74, 6) is 0.568. The third-order valence-corrected chi connectivity index (χ3v) is 3.14. The number of methoxy groups -OCH3 is 1. The highest BCUT2D eigenvalue weighted by Gasteiger charge is 2.15. The van der Waals surface area contributed by atoms with Crippen molar-refractivity contribution in [2.75, 3.05) is 13.7 Å². The van der Waals surface area contributed by atoms with Gasteiger partial charge < -0.3 is 14.8 Å². The number of amides is 1. The topological polar surface area (TPSA) is 73.3 Å². The maximum atomic E-state index is 11.6. The fourth-order valence-electron chi connectivity index (χ4n) is 2.16.